The Labute approximate surface area is 99.7 Å². The highest BCUT2D eigenvalue weighted by atomic mass is 14.1. The zero-order valence-corrected chi connectivity index (χ0v) is 10.3. The van der Waals surface area contributed by atoms with Crippen LogP contribution in [0.2, 0.25) is 0 Å². The Kier molecular flexibility index (Phi) is 5.63. The molecule has 86 valence electrons. The fourth-order valence-electron chi connectivity index (χ4n) is 2.02. The SMILES string of the molecule is C=Cc1cccc(CCCCCC)c1C=C. The second kappa shape index (κ2) is 7.05. The van der Waals surface area contributed by atoms with Crippen molar-refractivity contribution in [2.24, 2.45) is 0 Å². The lowest BCUT2D eigenvalue weighted by Crippen LogP contribution is -1.92. The van der Waals surface area contributed by atoms with E-state index in [2.05, 4.69) is 38.3 Å². The van der Waals surface area contributed by atoms with Crippen LogP contribution >= 0.6 is 0 Å². The van der Waals surface area contributed by atoms with Crippen LogP contribution < -0.4 is 0 Å². The first kappa shape index (κ1) is 12.8. The summed E-state index contributed by atoms with van der Waals surface area (Å²) in [7, 11) is 0. The van der Waals surface area contributed by atoms with Gasteiger partial charge in [0.2, 0.25) is 0 Å². The van der Waals surface area contributed by atoms with E-state index in [1.165, 1.54) is 42.4 Å². The molecule has 0 heteroatoms. The van der Waals surface area contributed by atoms with Crippen molar-refractivity contribution >= 4 is 12.2 Å². The fraction of sp³-hybridized carbons (Fsp3) is 0.375. The lowest BCUT2D eigenvalue weighted by Gasteiger charge is -2.09. The molecule has 0 atom stereocenters. The maximum atomic E-state index is 3.90. The summed E-state index contributed by atoms with van der Waals surface area (Å²) in [6, 6.07) is 6.41. The van der Waals surface area contributed by atoms with Crippen molar-refractivity contribution in [3.8, 4) is 0 Å². The van der Waals surface area contributed by atoms with E-state index in [0.29, 0.717) is 0 Å². The summed E-state index contributed by atoms with van der Waals surface area (Å²) in [6.07, 6.45) is 10.2. The lowest BCUT2D eigenvalue weighted by molar-refractivity contribution is 0.666. The first-order valence-corrected chi connectivity index (χ1v) is 6.20. The minimum Gasteiger partial charge on any atom is -0.0984 e. The number of unbranched alkanes of at least 4 members (excludes halogenated alkanes) is 3. The van der Waals surface area contributed by atoms with Crippen LogP contribution in [-0.2, 0) is 6.42 Å². The standard InChI is InChI=1S/C16H22/c1-4-7-8-9-11-15-13-10-12-14(5-2)16(15)6-3/h5-6,10,12-13H,2-4,7-9,11H2,1H3. The second-order valence-electron chi connectivity index (χ2n) is 4.14. The Morgan fingerprint density at radius 1 is 1.06 bits per heavy atom. The van der Waals surface area contributed by atoms with Crippen molar-refractivity contribution in [3.05, 3.63) is 48.0 Å². The Bertz CT molecular complexity index is 347. The molecule has 0 aromatic heterocycles. The number of benzene rings is 1. The number of rotatable bonds is 7. The van der Waals surface area contributed by atoms with E-state index in [1.54, 1.807) is 0 Å². The summed E-state index contributed by atoms with van der Waals surface area (Å²) in [5.41, 5.74) is 3.86. The van der Waals surface area contributed by atoms with Crippen LogP contribution in [-0.4, -0.2) is 0 Å². The number of aryl methyl sites for hydroxylation is 1. The van der Waals surface area contributed by atoms with Crippen LogP contribution in [0.3, 0.4) is 0 Å². The largest absolute Gasteiger partial charge is 0.0984 e. The molecule has 16 heavy (non-hydrogen) atoms. The highest BCUT2D eigenvalue weighted by Gasteiger charge is 2.02. The molecule has 0 amide bonds. The molecule has 0 aliphatic rings. The first-order chi connectivity index (χ1) is 7.83. The smallest absolute Gasteiger partial charge is 0.0158 e. The molecule has 1 aromatic carbocycles. The predicted octanol–water partition coefficient (Wildman–Crippen LogP) is 5.10. The van der Waals surface area contributed by atoms with E-state index in [4.69, 9.17) is 0 Å². The Morgan fingerprint density at radius 3 is 2.50 bits per heavy atom. The lowest BCUT2D eigenvalue weighted by atomic mass is 9.96. The molecule has 0 nitrogen and oxygen atoms in total. The van der Waals surface area contributed by atoms with Gasteiger partial charge in [0.25, 0.3) is 0 Å². The minimum absolute atomic E-state index is 1.16. The quantitative estimate of drug-likeness (QED) is 0.554. The summed E-state index contributed by atoms with van der Waals surface area (Å²) < 4.78 is 0. The topological polar surface area (TPSA) is 0 Å². The maximum absolute atomic E-state index is 3.90. The molecule has 0 radical (unpaired) electrons. The highest BCUT2D eigenvalue weighted by Crippen LogP contribution is 2.19. The third-order valence-corrected chi connectivity index (χ3v) is 2.95. The molecule has 0 N–H and O–H groups in total. The van der Waals surface area contributed by atoms with Crippen molar-refractivity contribution in [2.45, 2.75) is 39.0 Å². The molecule has 0 bridgehead atoms. The minimum atomic E-state index is 1.16. The van der Waals surface area contributed by atoms with Crippen LogP contribution in [0.5, 0.6) is 0 Å². The van der Waals surface area contributed by atoms with Gasteiger partial charge in [0.05, 0.1) is 0 Å². The highest BCUT2D eigenvalue weighted by molar-refractivity contribution is 5.66. The van der Waals surface area contributed by atoms with E-state index in [9.17, 15) is 0 Å². The van der Waals surface area contributed by atoms with Gasteiger partial charge >= 0.3 is 0 Å². The molecule has 0 aliphatic carbocycles. The van der Waals surface area contributed by atoms with Gasteiger partial charge in [0.1, 0.15) is 0 Å². The van der Waals surface area contributed by atoms with Crippen molar-refractivity contribution in [2.75, 3.05) is 0 Å². The van der Waals surface area contributed by atoms with E-state index in [-0.39, 0.29) is 0 Å². The van der Waals surface area contributed by atoms with Crippen LogP contribution in [0.1, 0.15) is 49.3 Å². The number of hydrogen-bond donors (Lipinski definition) is 0. The average molecular weight is 214 g/mol. The van der Waals surface area contributed by atoms with Gasteiger partial charge in [-0.1, -0.05) is 69.7 Å². The molecule has 0 fully saturated rings. The van der Waals surface area contributed by atoms with Gasteiger partial charge in [0, 0.05) is 0 Å². The van der Waals surface area contributed by atoms with Gasteiger partial charge < -0.3 is 0 Å². The molecule has 1 aromatic rings. The van der Waals surface area contributed by atoms with Crippen molar-refractivity contribution < 1.29 is 0 Å². The van der Waals surface area contributed by atoms with Crippen molar-refractivity contribution in [1.82, 2.24) is 0 Å². The Morgan fingerprint density at radius 2 is 1.88 bits per heavy atom. The average Bonchev–Trinajstić information content (AvgIpc) is 2.34. The Balaban J connectivity index is 2.71. The van der Waals surface area contributed by atoms with Crippen LogP contribution in [0.4, 0.5) is 0 Å². The van der Waals surface area contributed by atoms with E-state index >= 15 is 0 Å². The normalized spacial score (nSPS) is 10.1. The fourth-order valence-corrected chi connectivity index (χ4v) is 2.02. The summed E-state index contributed by atoms with van der Waals surface area (Å²) in [4.78, 5) is 0. The number of hydrogen-bond acceptors (Lipinski definition) is 0. The van der Waals surface area contributed by atoms with E-state index in [0.717, 1.165) is 6.42 Å². The van der Waals surface area contributed by atoms with Gasteiger partial charge in [-0.25, -0.2) is 0 Å². The third kappa shape index (κ3) is 3.37. The molecule has 0 saturated heterocycles. The molecular formula is C16H22. The second-order valence-corrected chi connectivity index (χ2v) is 4.14. The molecular weight excluding hydrogens is 192 g/mol. The van der Waals surface area contributed by atoms with Crippen molar-refractivity contribution in [1.29, 1.82) is 0 Å². The van der Waals surface area contributed by atoms with Gasteiger partial charge in [-0.05, 0) is 29.5 Å². The monoisotopic (exact) mass is 214 g/mol. The third-order valence-electron chi connectivity index (χ3n) is 2.95. The molecule has 0 spiro atoms. The van der Waals surface area contributed by atoms with Crippen LogP contribution in [0.25, 0.3) is 12.2 Å². The van der Waals surface area contributed by atoms with E-state index < -0.39 is 0 Å². The Hall–Kier alpha value is -1.30. The van der Waals surface area contributed by atoms with Gasteiger partial charge in [-0.15, -0.1) is 0 Å². The first-order valence-electron chi connectivity index (χ1n) is 6.20. The van der Waals surface area contributed by atoms with Gasteiger partial charge in [0.15, 0.2) is 0 Å². The summed E-state index contributed by atoms with van der Waals surface area (Å²) in [6.45, 7) is 9.98. The van der Waals surface area contributed by atoms with Crippen LogP contribution in [0, 0.1) is 0 Å². The van der Waals surface area contributed by atoms with Crippen molar-refractivity contribution in [3.63, 3.8) is 0 Å². The molecule has 0 heterocycles. The summed E-state index contributed by atoms with van der Waals surface area (Å²) in [5, 5.41) is 0. The summed E-state index contributed by atoms with van der Waals surface area (Å²) in [5.74, 6) is 0. The predicted molar refractivity (Wildman–Crippen MR) is 74.5 cm³/mol. The molecule has 0 unspecified atom stereocenters. The van der Waals surface area contributed by atoms with Gasteiger partial charge in [-0.3, -0.25) is 0 Å². The van der Waals surface area contributed by atoms with Gasteiger partial charge in [-0.2, -0.15) is 0 Å². The maximum Gasteiger partial charge on any atom is -0.0158 e. The zero-order valence-electron chi connectivity index (χ0n) is 10.3. The van der Waals surface area contributed by atoms with Crippen LogP contribution in [0.15, 0.2) is 31.4 Å². The molecule has 1 rings (SSSR count). The summed E-state index contributed by atoms with van der Waals surface area (Å²) >= 11 is 0. The molecule has 0 aliphatic heterocycles. The van der Waals surface area contributed by atoms with E-state index in [1.807, 2.05) is 12.2 Å². The molecule has 0 saturated carbocycles. The zero-order chi connectivity index (χ0) is 11.8.